The minimum absolute atomic E-state index is 0.168. The van der Waals surface area contributed by atoms with E-state index in [0.717, 1.165) is 29.6 Å². The maximum absolute atomic E-state index is 12.3. The van der Waals surface area contributed by atoms with Crippen molar-refractivity contribution in [3.63, 3.8) is 0 Å². The van der Waals surface area contributed by atoms with Crippen LogP contribution in [0.4, 0.5) is 18.3 Å². The number of hydrogen-bond donors (Lipinski definition) is 1. The minimum Gasteiger partial charge on any atom is -0.381 e. The van der Waals surface area contributed by atoms with Crippen molar-refractivity contribution in [3.8, 4) is 0 Å². The number of nitrogens with zero attached hydrogens (tertiary/aromatic N) is 1. The summed E-state index contributed by atoms with van der Waals surface area (Å²) in [5.41, 5.74) is -0.827. The highest BCUT2D eigenvalue weighted by Crippen LogP contribution is 2.32. The van der Waals surface area contributed by atoms with Gasteiger partial charge in [0.05, 0.1) is 0 Å². The fourth-order valence-corrected chi connectivity index (χ4v) is 2.28. The maximum atomic E-state index is 12.3. The molecule has 0 bridgehead atoms. The smallest absolute Gasteiger partial charge is 0.381 e. The molecule has 2 heterocycles. The molecule has 0 radical (unpaired) electrons. The van der Waals surface area contributed by atoms with Crippen LogP contribution in [0.15, 0.2) is 5.38 Å². The quantitative estimate of drug-likeness (QED) is 0.878. The number of ether oxygens (including phenoxy) is 1. The van der Waals surface area contributed by atoms with E-state index in [1.807, 2.05) is 0 Å². The normalized spacial score (nSPS) is 18.7. The molecule has 0 aromatic carbocycles. The second-order valence-corrected chi connectivity index (χ2v) is 4.42. The van der Waals surface area contributed by atoms with E-state index in [9.17, 15) is 13.2 Å². The first-order valence-corrected chi connectivity index (χ1v) is 5.80. The van der Waals surface area contributed by atoms with Crippen molar-refractivity contribution in [2.45, 2.75) is 25.1 Å². The molecule has 1 aromatic rings. The number of nitrogens with one attached hydrogen (secondary N) is 1. The van der Waals surface area contributed by atoms with Crippen molar-refractivity contribution >= 4 is 16.5 Å². The van der Waals surface area contributed by atoms with Crippen molar-refractivity contribution in [2.24, 2.45) is 0 Å². The van der Waals surface area contributed by atoms with Gasteiger partial charge in [-0.1, -0.05) is 0 Å². The van der Waals surface area contributed by atoms with Crippen LogP contribution in [0.25, 0.3) is 0 Å². The summed E-state index contributed by atoms with van der Waals surface area (Å²) in [7, 11) is 0. The Morgan fingerprint density at radius 3 is 2.62 bits per heavy atom. The van der Waals surface area contributed by atoms with E-state index in [1.165, 1.54) is 0 Å². The zero-order chi connectivity index (χ0) is 11.6. The van der Waals surface area contributed by atoms with Crippen molar-refractivity contribution in [1.29, 1.82) is 0 Å². The highest BCUT2D eigenvalue weighted by Gasteiger charge is 2.33. The van der Waals surface area contributed by atoms with Crippen molar-refractivity contribution < 1.29 is 17.9 Å². The SMILES string of the molecule is FC(F)(F)c1csc(NC2CCOCC2)n1. The zero-order valence-electron chi connectivity index (χ0n) is 8.38. The van der Waals surface area contributed by atoms with Gasteiger partial charge < -0.3 is 10.1 Å². The van der Waals surface area contributed by atoms with Crippen LogP contribution in [0.2, 0.25) is 0 Å². The van der Waals surface area contributed by atoms with Gasteiger partial charge in [-0.2, -0.15) is 13.2 Å². The monoisotopic (exact) mass is 252 g/mol. The molecule has 0 unspecified atom stereocenters. The third-order valence-corrected chi connectivity index (χ3v) is 3.12. The molecule has 3 nitrogen and oxygen atoms in total. The van der Waals surface area contributed by atoms with Gasteiger partial charge in [0.25, 0.3) is 0 Å². The van der Waals surface area contributed by atoms with Crippen LogP contribution >= 0.6 is 11.3 Å². The molecule has 16 heavy (non-hydrogen) atoms. The topological polar surface area (TPSA) is 34.1 Å². The predicted molar refractivity (Wildman–Crippen MR) is 54.6 cm³/mol. The number of anilines is 1. The van der Waals surface area contributed by atoms with E-state index in [0.29, 0.717) is 18.3 Å². The molecule has 0 aliphatic carbocycles. The molecule has 0 amide bonds. The fraction of sp³-hybridized carbons (Fsp3) is 0.667. The minimum atomic E-state index is -4.36. The van der Waals surface area contributed by atoms with Crippen molar-refractivity contribution in [1.82, 2.24) is 4.98 Å². The van der Waals surface area contributed by atoms with E-state index in [-0.39, 0.29) is 6.04 Å². The second-order valence-electron chi connectivity index (χ2n) is 3.57. The lowest BCUT2D eigenvalue weighted by Crippen LogP contribution is -2.27. The van der Waals surface area contributed by atoms with Gasteiger partial charge in [-0.15, -0.1) is 11.3 Å². The van der Waals surface area contributed by atoms with Gasteiger partial charge in [0, 0.05) is 24.6 Å². The largest absolute Gasteiger partial charge is 0.434 e. The molecule has 7 heteroatoms. The molecule has 1 aliphatic heterocycles. The number of alkyl halides is 3. The van der Waals surface area contributed by atoms with Gasteiger partial charge in [0.1, 0.15) is 0 Å². The Morgan fingerprint density at radius 2 is 2.06 bits per heavy atom. The third-order valence-electron chi connectivity index (χ3n) is 2.34. The summed E-state index contributed by atoms with van der Waals surface area (Å²) >= 11 is 0.987. The van der Waals surface area contributed by atoms with E-state index >= 15 is 0 Å². The number of rotatable bonds is 2. The Hall–Kier alpha value is -0.820. The van der Waals surface area contributed by atoms with Crippen LogP contribution in [0, 0.1) is 0 Å². The van der Waals surface area contributed by atoms with E-state index in [2.05, 4.69) is 10.3 Å². The summed E-state index contributed by atoms with van der Waals surface area (Å²) in [5, 5.41) is 4.36. The molecule has 2 rings (SSSR count). The Balaban J connectivity index is 1.97. The number of aromatic nitrogens is 1. The Kier molecular flexibility index (Phi) is 3.34. The van der Waals surface area contributed by atoms with Gasteiger partial charge in [-0.3, -0.25) is 0 Å². The molecular formula is C9H11F3N2OS. The van der Waals surface area contributed by atoms with E-state index in [1.54, 1.807) is 0 Å². The lowest BCUT2D eigenvalue weighted by atomic mass is 10.1. The van der Waals surface area contributed by atoms with Crippen LogP contribution in [0.3, 0.4) is 0 Å². The van der Waals surface area contributed by atoms with Gasteiger partial charge in [-0.25, -0.2) is 4.98 Å². The van der Waals surface area contributed by atoms with Crippen LogP contribution in [0.1, 0.15) is 18.5 Å². The van der Waals surface area contributed by atoms with Gasteiger partial charge in [0.2, 0.25) is 0 Å². The van der Waals surface area contributed by atoms with Crippen molar-refractivity contribution in [3.05, 3.63) is 11.1 Å². The first kappa shape index (κ1) is 11.7. The lowest BCUT2D eigenvalue weighted by Gasteiger charge is -2.22. The molecule has 1 aliphatic rings. The molecule has 1 aromatic heterocycles. The fourth-order valence-electron chi connectivity index (χ4n) is 1.49. The Labute approximate surface area is 94.6 Å². The molecule has 0 spiro atoms. The third kappa shape index (κ3) is 2.85. The van der Waals surface area contributed by atoms with Crippen molar-refractivity contribution in [2.75, 3.05) is 18.5 Å². The number of thiazole rings is 1. The number of hydrogen-bond acceptors (Lipinski definition) is 4. The molecule has 90 valence electrons. The van der Waals surface area contributed by atoms with Gasteiger partial charge in [-0.05, 0) is 12.8 Å². The summed E-state index contributed by atoms with van der Waals surface area (Å²) in [5.74, 6) is 0. The molecule has 1 saturated heterocycles. The Morgan fingerprint density at radius 1 is 1.38 bits per heavy atom. The Bertz CT molecular complexity index is 347. The van der Waals surface area contributed by atoms with Crippen LogP contribution in [0.5, 0.6) is 0 Å². The first-order chi connectivity index (χ1) is 7.55. The van der Waals surface area contributed by atoms with E-state index in [4.69, 9.17) is 4.74 Å². The van der Waals surface area contributed by atoms with Gasteiger partial charge >= 0.3 is 6.18 Å². The maximum Gasteiger partial charge on any atom is 0.434 e. The van der Waals surface area contributed by atoms with Crippen LogP contribution in [-0.4, -0.2) is 24.2 Å². The van der Waals surface area contributed by atoms with E-state index < -0.39 is 11.9 Å². The lowest BCUT2D eigenvalue weighted by molar-refractivity contribution is -0.140. The summed E-state index contributed by atoms with van der Waals surface area (Å²) < 4.78 is 42.0. The van der Waals surface area contributed by atoms with Gasteiger partial charge in [0.15, 0.2) is 10.8 Å². The molecular weight excluding hydrogens is 241 g/mol. The molecule has 1 fully saturated rings. The predicted octanol–water partition coefficient (Wildman–Crippen LogP) is 2.75. The summed E-state index contributed by atoms with van der Waals surface area (Å²) in [6.07, 6.45) is -2.74. The summed E-state index contributed by atoms with van der Waals surface area (Å²) in [6.45, 7) is 1.30. The zero-order valence-corrected chi connectivity index (χ0v) is 9.20. The summed E-state index contributed by atoms with van der Waals surface area (Å²) in [6, 6.07) is 0.168. The molecule has 0 saturated carbocycles. The highest BCUT2D eigenvalue weighted by molar-refractivity contribution is 7.13. The standard InChI is InChI=1S/C9H11F3N2OS/c10-9(11,12)7-5-16-8(14-7)13-6-1-3-15-4-2-6/h5-6H,1-4H2,(H,13,14). The average molecular weight is 252 g/mol. The van der Waals surface area contributed by atoms with Crippen LogP contribution < -0.4 is 5.32 Å². The van der Waals surface area contributed by atoms with Crippen LogP contribution in [-0.2, 0) is 10.9 Å². The molecule has 0 atom stereocenters. The number of halogens is 3. The molecule has 1 N–H and O–H groups in total. The second kappa shape index (κ2) is 4.58. The first-order valence-electron chi connectivity index (χ1n) is 4.93. The highest BCUT2D eigenvalue weighted by atomic mass is 32.1. The average Bonchev–Trinajstić information content (AvgIpc) is 2.67. The summed E-state index contributed by atoms with van der Waals surface area (Å²) in [4.78, 5) is 3.52.